The first-order chi connectivity index (χ1) is 19.3. The van der Waals surface area contributed by atoms with Crippen LogP contribution in [-0.2, 0) is 17.7 Å². The Balaban J connectivity index is 1.51. The van der Waals surface area contributed by atoms with Gasteiger partial charge in [-0.1, -0.05) is 6.07 Å². The molecule has 2 aliphatic rings. The molecular formula is C27H32F3N7O3. The van der Waals surface area contributed by atoms with E-state index in [2.05, 4.69) is 20.9 Å². The molecule has 1 unspecified atom stereocenters. The summed E-state index contributed by atoms with van der Waals surface area (Å²) in [4.78, 5) is 17.6. The van der Waals surface area contributed by atoms with Crippen molar-refractivity contribution in [3.63, 3.8) is 0 Å². The fraction of sp³-hybridized carbons (Fsp3) is 0.444. The van der Waals surface area contributed by atoms with Crippen molar-refractivity contribution in [1.82, 2.24) is 30.3 Å². The molecular weight excluding hydrogens is 527 g/mol. The minimum absolute atomic E-state index is 0.0212. The van der Waals surface area contributed by atoms with Crippen molar-refractivity contribution in [2.45, 2.75) is 44.6 Å². The Kier molecular flexibility index (Phi) is 8.35. The molecule has 13 heteroatoms. The standard InChI is InChI=1S/C27H32F3N7O3/c1-31-26(38)21-4-3-15(13-33-21)17-11-20(28)22(12-18(17)24(29)30)34-25-19-14-36(27(39)32-2)8-5-23(19)37(35-25)16-6-9-40-10-7-16/h3-4,11-13,16,24,27,32,39H,5-10,14H2,1-2H3,(H,31,38)(H,34,35). The van der Waals surface area contributed by atoms with Gasteiger partial charge in [0.15, 0.2) is 12.2 Å². The number of aromatic nitrogens is 3. The fourth-order valence-corrected chi connectivity index (χ4v) is 5.25. The predicted molar refractivity (Wildman–Crippen MR) is 142 cm³/mol. The van der Waals surface area contributed by atoms with Crippen molar-refractivity contribution in [2.24, 2.45) is 0 Å². The lowest BCUT2D eigenvalue weighted by molar-refractivity contribution is -0.0258. The van der Waals surface area contributed by atoms with Crippen LogP contribution >= 0.6 is 0 Å². The minimum atomic E-state index is -2.90. The van der Waals surface area contributed by atoms with Crippen molar-refractivity contribution in [2.75, 3.05) is 39.2 Å². The van der Waals surface area contributed by atoms with Gasteiger partial charge in [0.25, 0.3) is 12.3 Å². The maximum atomic E-state index is 15.5. The molecule has 1 aromatic carbocycles. The molecule has 3 aromatic rings. The molecule has 40 heavy (non-hydrogen) atoms. The van der Waals surface area contributed by atoms with Crippen LogP contribution in [-0.4, -0.2) is 70.9 Å². The van der Waals surface area contributed by atoms with E-state index in [9.17, 15) is 18.7 Å². The summed E-state index contributed by atoms with van der Waals surface area (Å²) in [6.07, 6.45) is -0.333. The average molecular weight is 560 g/mol. The number of anilines is 2. The maximum Gasteiger partial charge on any atom is 0.269 e. The molecule has 4 N–H and O–H groups in total. The molecule has 1 fully saturated rings. The van der Waals surface area contributed by atoms with E-state index in [-0.39, 0.29) is 34.1 Å². The molecule has 0 bridgehead atoms. The van der Waals surface area contributed by atoms with Gasteiger partial charge in [0, 0.05) is 68.4 Å². The van der Waals surface area contributed by atoms with Gasteiger partial charge in [0.05, 0.1) is 11.7 Å². The second-order valence-electron chi connectivity index (χ2n) is 9.80. The van der Waals surface area contributed by atoms with Gasteiger partial charge in [-0.25, -0.2) is 13.2 Å². The number of pyridine rings is 1. The first kappa shape index (κ1) is 28.0. The molecule has 214 valence electrons. The van der Waals surface area contributed by atoms with E-state index < -0.39 is 24.5 Å². The summed E-state index contributed by atoms with van der Waals surface area (Å²) in [6, 6.07) is 5.09. The molecule has 2 aromatic heterocycles. The number of hydrogen-bond donors (Lipinski definition) is 4. The molecule has 4 heterocycles. The van der Waals surface area contributed by atoms with Gasteiger partial charge in [-0.15, -0.1) is 0 Å². The maximum absolute atomic E-state index is 15.5. The number of hydrogen-bond acceptors (Lipinski definition) is 8. The molecule has 1 saturated heterocycles. The zero-order valence-electron chi connectivity index (χ0n) is 22.3. The summed E-state index contributed by atoms with van der Waals surface area (Å²) >= 11 is 0. The summed E-state index contributed by atoms with van der Waals surface area (Å²) in [6.45, 7) is 2.15. The van der Waals surface area contributed by atoms with Gasteiger partial charge >= 0.3 is 0 Å². The van der Waals surface area contributed by atoms with Crippen LogP contribution in [0.4, 0.5) is 24.7 Å². The second kappa shape index (κ2) is 11.9. The number of carbonyl (C=O) groups is 1. The zero-order valence-corrected chi connectivity index (χ0v) is 22.3. The quantitative estimate of drug-likeness (QED) is 0.311. The highest BCUT2D eigenvalue weighted by Gasteiger charge is 2.31. The average Bonchev–Trinajstić information content (AvgIpc) is 3.35. The van der Waals surface area contributed by atoms with Gasteiger partial charge in [0.2, 0.25) is 0 Å². The fourth-order valence-electron chi connectivity index (χ4n) is 5.25. The Morgan fingerprint density at radius 1 is 1.20 bits per heavy atom. The van der Waals surface area contributed by atoms with Crippen LogP contribution in [0.15, 0.2) is 30.5 Å². The van der Waals surface area contributed by atoms with Crippen LogP contribution in [0.3, 0.4) is 0 Å². The normalized spacial score (nSPS) is 17.1. The van der Waals surface area contributed by atoms with Crippen molar-refractivity contribution in [1.29, 1.82) is 0 Å². The van der Waals surface area contributed by atoms with Crippen molar-refractivity contribution in [3.8, 4) is 11.1 Å². The largest absolute Gasteiger partial charge is 0.381 e. The van der Waals surface area contributed by atoms with E-state index in [4.69, 9.17) is 9.84 Å². The smallest absolute Gasteiger partial charge is 0.269 e. The number of nitrogens with one attached hydrogen (secondary N) is 3. The first-order valence-corrected chi connectivity index (χ1v) is 13.1. The number of halogens is 3. The Bertz CT molecular complexity index is 1360. The number of aliphatic hydroxyl groups is 1. The third-order valence-electron chi connectivity index (χ3n) is 7.42. The van der Waals surface area contributed by atoms with Gasteiger partial charge in [-0.05, 0) is 43.7 Å². The number of aliphatic hydroxyl groups excluding tert-OH is 1. The van der Waals surface area contributed by atoms with Crippen molar-refractivity contribution in [3.05, 3.63) is 58.8 Å². The summed E-state index contributed by atoms with van der Waals surface area (Å²) in [5.74, 6) is -0.805. The van der Waals surface area contributed by atoms with Crippen LogP contribution in [0.5, 0.6) is 0 Å². The lowest BCUT2D eigenvalue weighted by Gasteiger charge is -2.32. The van der Waals surface area contributed by atoms with Crippen LogP contribution in [0.25, 0.3) is 11.1 Å². The van der Waals surface area contributed by atoms with E-state index >= 15 is 4.39 Å². The second-order valence-corrected chi connectivity index (χ2v) is 9.80. The Labute approximate surface area is 229 Å². The number of rotatable bonds is 8. The number of nitrogens with zero attached hydrogens (tertiary/aromatic N) is 4. The third-order valence-corrected chi connectivity index (χ3v) is 7.42. The van der Waals surface area contributed by atoms with E-state index in [0.29, 0.717) is 38.5 Å². The summed E-state index contributed by atoms with van der Waals surface area (Å²) < 4.78 is 51.4. The van der Waals surface area contributed by atoms with E-state index in [1.807, 2.05) is 9.58 Å². The summed E-state index contributed by atoms with van der Waals surface area (Å²) in [5.41, 5.74) is 1.58. The SMILES string of the molecule is CNC(=O)c1ccc(-c2cc(F)c(Nc3nn(C4CCOCC4)c4c3CN(C(O)NC)CC4)cc2C(F)F)cn1. The molecule has 2 aliphatic heterocycles. The van der Waals surface area contributed by atoms with Crippen LogP contribution in [0.2, 0.25) is 0 Å². The van der Waals surface area contributed by atoms with Gasteiger partial charge in [-0.2, -0.15) is 5.10 Å². The molecule has 0 aliphatic carbocycles. The van der Waals surface area contributed by atoms with Gasteiger partial charge in [-0.3, -0.25) is 24.7 Å². The highest BCUT2D eigenvalue weighted by molar-refractivity contribution is 5.92. The number of fused-ring (bicyclic) bond motifs is 1. The molecule has 1 atom stereocenters. The van der Waals surface area contributed by atoms with Crippen molar-refractivity contribution >= 4 is 17.4 Å². The third kappa shape index (κ3) is 5.55. The van der Waals surface area contributed by atoms with Crippen molar-refractivity contribution < 1.29 is 27.8 Å². The van der Waals surface area contributed by atoms with Gasteiger partial charge < -0.3 is 20.5 Å². The molecule has 0 saturated carbocycles. The molecule has 0 radical (unpaired) electrons. The highest BCUT2D eigenvalue weighted by atomic mass is 19.3. The number of alkyl halides is 2. The van der Waals surface area contributed by atoms with Crippen LogP contribution in [0, 0.1) is 5.82 Å². The lowest BCUT2D eigenvalue weighted by atomic mass is 9.99. The Hall–Kier alpha value is -3.52. The lowest BCUT2D eigenvalue weighted by Crippen LogP contribution is -2.46. The Morgan fingerprint density at radius 2 is 1.98 bits per heavy atom. The first-order valence-electron chi connectivity index (χ1n) is 13.1. The van der Waals surface area contributed by atoms with E-state index in [1.165, 1.54) is 25.4 Å². The predicted octanol–water partition coefficient (Wildman–Crippen LogP) is 3.33. The number of carbonyl (C=O) groups excluding carboxylic acids is 1. The monoisotopic (exact) mass is 559 g/mol. The number of ether oxygens (including phenoxy) is 1. The van der Waals surface area contributed by atoms with E-state index in [1.54, 1.807) is 7.05 Å². The highest BCUT2D eigenvalue weighted by Crippen LogP contribution is 2.38. The molecule has 10 nitrogen and oxygen atoms in total. The zero-order chi connectivity index (χ0) is 28.4. The number of amides is 1. The summed E-state index contributed by atoms with van der Waals surface area (Å²) in [5, 5.41) is 23.4. The topological polar surface area (TPSA) is 117 Å². The van der Waals surface area contributed by atoms with Crippen LogP contribution in [0.1, 0.15) is 52.6 Å². The van der Waals surface area contributed by atoms with Gasteiger partial charge in [0.1, 0.15) is 11.5 Å². The summed E-state index contributed by atoms with van der Waals surface area (Å²) in [7, 11) is 3.10. The van der Waals surface area contributed by atoms with E-state index in [0.717, 1.165) is 36.2 Å². The molecule has 0 spiro atoms. The van der Waals surface area contributed by atoms with Crippen LogP contribution < -0.4 is 16.0 Å². The molecule has 1 amide bonds. The minimum Gasteiger partial charge on any atom is -0.381 e. The number of benzene rings is 1. The molecule has 5 rings (SSSR count). The Morgan fingerprint density at radius 3 is 2.62 bits per heavy atom.